The highest BCUT2D eigenvalue weighted by Gasteiger charge is 2.47. The van der Waals surface area contributed by atoms with Gasteiger partial charge in [-0.05, 0) is 48.9 Å². The van der Waals surface area contributed by atoms with Gasteiger partial charge in [-0.15, -0.1) is 0 Å². The minimum atomic E-state index is -0.419. The van der Waals surface area contributed by atoms with Crippen molar-refractivity contribution in [3.63, 3.8) is 0 Å². The molecular weight excluding hydrogens is 330 g/mol. The summed E-state index contributed by atoms with van der Waals surface area (Å²) in [5, 5.41) is 0. The molecule has 0 aromatic heterocycles. The Bertz CT molecular complexity index is 701. The van der Waals surface area contributed by atoms with Gasteiger partial charge in [0.05, 0.1) is 18.3 Å². The molecule has 1 heterocycles. The Morgan fingerprint density at radius 1 is 1.15 bits per heavy atom. The van der Waals surface area contributed by atoms with Crippen molar-refractivity contribution in [2.24, 2.45) is 11.8 Å². The quantitative estimate of drug-likeness (QED) is 0.459. The number of carbonyl (C=O) groups is 3. The molecule has 0 bridgehead atoms. The van der Waals surface area contributed by atoms with Gasteiger partial charge >= 0.3 is 5.97 Å². The third-order valence-corrected chi connectivity index (χ3v) is 5.57. The molecule has 2 fully saturated rings. The average molecular weight is 357 g/mol. The Labute approximate surface area is 154 Å². The van der Waals surface area contributed by atoms with Crippen LogP contribution in [-0.2, 0) is 14.4 Å². The van der Waals surface area contributed by atoms with Crippen LogP contribution in [0.4, 0.5) is 0 Å². The first-order valence-electron chi connectivity index (χ1n) is 9.55. The van der Waals surface area contributed by atoms with Crippen molar-refractivity contribution in [3.8, 4) is 5.75 Å². The lowest BCUT2D eigenvalue weighted by Crippen LogP contribution is -2.33. The highest BCUT2D eigenvalue weighted by atomic mass is 16.5. The molecule has 5 nitrogen and oxygen atoms in total. The van der Waals surface area contributed by atoms with Crippen LogP contribution >= 0.6 is 0 Å². The number of likely N-dealkylation sites (tertiary alicyclic amines) is 1. The summed E-state index contributed by atoms with van der Waals surface area (Å²) in [7, 11) is 0. The number of benzene rings is 1. The molecule has 1 aliphatic carbocycles. The van der Waals surface area contributed by atoms with E-state index in [1.165, 1.54) is 10.5 Å². The maximum absolute atomic E-state index is 12.4. The minimum Gasteiger partial charge on any atom is -0.426 e. The normalized spacial score (nSPS) is 22.7. The minimum absolute atomic E-state index is 0.0297. The average Bonchev–Trinajstić information content (AvgIpc) is 2.84. The van der Waals surface area contributed by atoms with Crippen LogP contribution in [0, 0.1) is 18.8 Å². The number of aryl methyl sites for hydroxylation is 1. The number of fused-ring (bicyclic) bond motifs is 1. The van der Waals surface area contributed by atoms with E-state index in [1.807, 2.05) is 19.1 Å². The molecule has 1 aliphatic heterocycles. The largest absolute Gasteiger partial charge is 0.426 e. The van der Waals surface area contributed by atoms with E-state index < -0.39 is 5.97 Å². The lowest BCUT2D eigenvalue weighted by atomic mass is 9.81. The Hall–Kier alpha value is -2.17. The number of rotatable bonds is 5. The van der Waals surface area contributed by atoms with E-state index in [-0.39, 0.29) is 36.6 Å². The van der Waals surface area contributed by atoms with Crippen LogP contribution < -0.4 is 4.74 Å². The van der Waals surface area contributed by atoms with Crippen LogP contribution in [-0.4, -0.2) is 29.2 Å². The maximum atomic E-state index is 12.4. The number of nitrogens with zero attached hydrogens (tertiary/aromatic N) is 1. The summed E-state index contributed by atoms with van der Waals surface area (Å²) in [6.07, 6.45) is 3.61. The molecule has 3 rings (SSSR count). The van der Waals surface area contributed by atoms with Crippen molar-refractivity contribution in [2.45, 2.75) is 58.8 Å². The van der Waals surface area contributed by atoms with Gasteiger partial charge in [-0.1, -0.05) is 32.8 Å². The monoisotopic (exact) mass is 357 g/mol. The zero-order chi connectivity index (χ0) is 18.8. The standard InChI is InChI=1S/C21H27NO4/c1-13(2)16-9-8-15(12-14(16)3)26-19(23)10-11-22-20(24)17-6-4-5-7-18(17)21(22)25/h8-9,12-13,17-18H,4-7,10-11H2,1-3H3/t17-,18+. The van der Waals surface area contributed by atoms with Gasteiger partial charge in [0.1, 0.15) is 5.75 Å². The summed E-state index contributed by atoms with van der Waals surface area (Å²) in [5.41, 5.74) is 2.31. The Balaban J connectivity index is 1.57. The first-order valence-corrected chi connectivity index (χ1v) is 9.55. The third kappa shape index (κ3) is 3.67. The van der Waals surface area contributed by atoms with E-state index in [0.29, 0.717) is 11.7 Å². The molecule has 5 heteroatoms. The highest BCUT2D eigenvalue weighted by molar-refractivity contribution is 6.05. The van der Waals surface area contributed by atoms with Crippen LogP contribution in [0.5, 0.6) is 5.75 Å². The van der Waals surface area contributed by atoms with Gasteiger partial charge in [0.15, 0.2) is 0 Å². The third-order valence-electron chi connectivity index (χ3n) is 5.57. The molecular formula is C21H27NO4. The molecule has 0 N–H and O–H groups in total. The Kier molecular flexibility index (Phi) is 5.44. The molecule has 2 atom stereocenters. The van der Waals surface area contributed by atoms with Crippen LogP contribution in [0.1, 0.15) is 63.0 Å². The number of ether oxygens (including phenoxy) is 1. The molecule has 1 saturated carbocycles. The molecule has 0 unspecified atom stereocenters. The Morgan fingerprint density at radius 3 is 2.31 bits per heavy atom. The first-order chi connectivity index (χ1) is 12.4. The molecule has 1 aromatic carbocycles. The van der Waals surface area contributed by atoms with Crippen molar-refractivity contribution in [1.29, 1.82) is 0 Å². The molecule has 1 aromatic rings. The van der Waals surface area contributed by atoms with E-state index in [9.17, 15) is 14.4 Å². The second-order valence-electron chi connectivity index (χ2n) is 7.72. The first kappa shape index (κ1) is 18.6. The summed E-state index contributed by atoms with van der Waals surface area (Å²) >= 11 is 0. The second-order valence-corrected chi connectivity index (χ2v) is 7.72. The van der Waals surface area contributed by atoms with Crippen molar-refractivity contribution in [2.75, 3.05) is 6.54 Å². The fraction of sp³-hybridized carbons (Fsp3) is 0.571. The van der Waals surface area contributed by atoms with Crippen LogP contribution in [0.2, 0.25) is 0 Å². The van der Waals surface area contributed by atoms with Gasteiger partial charge in [0.2, 0.25) is 11.8 Å². The molecule has 140 valence electrons. The van der Waals surface area contributed by atoms with E-state index in [4.69, 9.17) is 4.74 Å². The highest BCUT2D eigenvalue weighted by Crippen LogP contribution is 2.38. The maximum Gasteiger partial charge on any atom is 0.312 e. The number of esters is 1. The van der Waals surface area contributed by atoms with Crippen LogP contribution in [0.3, 0.4) is 0 Å². The van der Waals surface area contributed by atoms with Gasteiger partial charge in [-0.3, -0.25) is 19.3 Å². The topological polar surface area (TPSA) is 63.7 Å². The number of hydrogen-bond donors (Lipinski definition) is 0. The smallest absolute Gasteiger partial charge is 0.312 e. The van der Waals surface area contributed by atoms with Gasteiger partial charge in [-0.25, -0.2) is 0 Å². The second kappa shape index (κ2) is 7.60. The number of amides is 2. The van der Waals surface area contributed by atoms with Crippen LogP contribution in [0.25, 0.3) is 0 Å². The van der Waals surface area contributed by atoms with Crippen molar-refractivity contribution < 1.29 is 19.1 Å². The summed E-state index contributed by atoms with van der Waals surface area (Å²) in [6.45, 7) is 6.36. The molecule has 0 radical (unpaired) electrons. The van der Waals surface area contributed by atoms with E-state index >= 15 is 0 Å². The molecule has 26 heavy (non-hydrogen) atoms. The molecule has 2 amide bonds. The predicted molar refractivity (Wildman–Crippen MR) is 97.7 cm³/mol. The fourth-order valence-electron chi connectivity index (χ4n) is 4.20. The van der Waals surface area contributed by atoms with Crippen molar-refractivity contribution >= 4 is 17.8 Å². The number of hydrogen-bond acceptors (Lipinski definition) is 4. The molecule has 2 aliphatic rings. The van der Waals surface area contributed by atoms with Gasteiger partial charge < -0.3 is 4.74 Å². The van der Waals surface area contributed by atoms with E-state index in [1.54, 1.807) is 6.07 Å². The summed E-state index contributed by atoms with van der Waals surface area (Å²) in [6, 6.07) is 5.62. The summed E-state index contributed by atoms with van der Waals surface area (Å²) in [5.74, 6) is -0.0523. The van der Waals surface area contributed by atoms with Crippen molar-refractivity contribution in [1.82, 2.24) is 4.90 Å². The Morgan fingerprint density at radius 2 is 1.77 bits per heavy atom. The summed E-state index contributed by atoms with van der Waals surface area (Å²) in [4.78, 5) is 38.3. The fourth-order valence-corrected chi connectivity index (χ4v) is 4.20. The summed E-state index contributed by atoms with van der Waals surface area (Å²) < 4.78 is 5.39. The van der Waals surface area contributed by atoms with Crippen molar-refractivity contribution in [3.05, 3.63) is 29.3 Å². The van der Waals surface area contributed by atoms with E-state index in [2.05, 4.69) is 13.8 Å². The zero-order valence-corrected chi connectivity index (χ0v) is 15.8. The molecule has 1 saturated heterocycles. The number of imide groups is 1. The van der Waals surface area contributed by atoms with E-state index in [0.717, 1.165) is 31.2 Å². The SMILES string of the molecule is Cc1cc(OC(=O)CCN2C(=O)[C@H]3CCCC[C@H]3C2=O)ccc1C(C)C. The predicted octanol–water partition coefficient (Wildman–Crippen LogP) is 3.59. The lowest BCUT2D eigenvalue weighted by Gasteiger charge is -2.19. The zero-order valence-electron chi connectivity index (χ0n) is 15.8. The van der Waals surface area contributed by atoms with Crippen LogP contribution in [0.15, 0.2) is 18.2 Å². The lowest BCUT2D eigenvalue weighted by molar-refractivity contribution is -0.141. The van der Waals surface area contributed by atoms with Gasteiger partial charge in [0, 0.05) is 6.54 Å². The van der Waals surface area contributed by atoms with Gasteiger partial charge in [0.25, 0.3) is 0 Å². The molecule has 0 spiro atoms. The number of carbonyl (C=O) groups excluding carboxylic acids is 3. The van der Waals surface area contributed by atoms with Gasteiger partial charge in [-0.2, -0.15) is 0 Å².